The summed E-state index contributed by atoms with van der Waals surface area (Å²) >= 11 is 5.68. The second-order valence-electron chi connectivity index (χ2n) is 5.16. The van der Waals surface area contributed by atoms with Crippen LogP contribution in [0.15, 0.2) is 19.4 Å². The highest BCUT2D eigenvalue weighted by Gasteiger charge is 2.38. The largest absolute Gasteiger partial charge is 0.493 e. The molecule has 1 fully saturated rings. The maximum Gasteiger partial charge on any atom is 0.350 e. The molecule has 0 aromatic carbocycles. The lowest BCUT2D eigenvalue weighted by Gasteiger charge is -2.23. The molecule has 0 N–H and O–H groups in total. The first-order valence-corrected chi connectivity index (χ1v) is 8.60. The highest BCUT2D eigenvalue weighted by Crippen LogP contribution is 2.44. The summed E-state index contributed by atoms with van der Waals surface area (Å²) in [6.45, 7) is 3.97. The lowest BCUT2D eigenvalue weighted by molar-refractivity contribution is 0.183. The van der Waals surface area contributed by atoms with Gasteiger partial charge in [-0.05, 0) is 48.2 Å². The molecule has 0 radical (unpaired) electrons. The second-order valence-corrected chi connectivity index (χ2v) is 6.83. The molecule has 2 atom stereocenters. The van der Waals surface area contributed by atoms with Crippen LogP contribution in [0.2, 0.25) is 0 Å². The summed E-state index contributed by atoms with van der Waals surface area (Å²) in [6, 6.07) is 0. The zero-order chi connectivity index (χ0) is 13.7. The van der Waals surface area contributed by atoms with E-state index >= 15 is 0 Å². The van der Waals surface area contributed by atoms with Gasteiger partial charge in [-0.25, -0.2) is 4.79 Å². The molecule has 1 aromatic heterocycles. The van der Waals surface area contributed by atoms with Crippen LogP contribution >= 0.6 is 38.5 Å². The summed E-state index contributed by atoms with van der Waals surface area (Å²) in [7, 11) is 0. The molecule has 0 spiro atoms. The third-order valence-electron chi connectivity index (χ3n) is 3.97. The summed E-state index contributed by atoms with van der Waals surface area (Å²) in [6.07, 6.45) is 2.26. The van der Waals surface area contributed by atoms with Crippen molar-refractivity contribution in [2.24, 2.45) is 5.92 Å². The van der Waals surface area contributed by atoms with E-state index in [1.807, 2.05) is 13.8 Å². The third-order valence-corrected chi connectivity index (χ3v) is 5.88. The van der Waals surface area contributed by atoms with Gasteiger partial charge in [0.2, 0.25) is 0 Å². The molecule has 5 heteroatoms. The topological polar surface area (TPSA) is 39.4 Å². The van der Waals surface area contributed by atoms with Crippen molar-refractivity contribution in [3.05, 3.63) is 37.5 Å². The van der Waals surface area contributed by atoms with Crippen LogP contribution in [0, 0.1) is 12.8 Å². The van der Waals surface area contributed by atoms with E-state index in [-0.39, 0.29) is 5.63 Å². The molecule has 102 valence electrons. The first-order chi connectivity index (χ1) is 9.02. The van der Waals surface area contributed by atoms with Gasteiger partial charge in [0.05, 0.1) is 0 Å². The lowest BCUT2D eigenvalue weighted by atomic mass is 9.84. The van der Waals surface area contributed by atoms with Gasteiger partial charge in [0.25, 0.3) is 0 Å². The summed E-state index contributed by atoms with van der Waals surface area (Å²) in [5, 5.41) is 0. The summed E-state index contributed by atoms with van der Waals surface area (Å²) < 4.78 is 13.0. The highest BCUT2D eigenvalue weighted by molar-refractivity contribution is 14.1. The van der Waals surface area contributed by atoms with Crippen molar-refractivity contribution < 1.29 is 9.15 Å². The fourth-order valence-corrected chi connectivity index (χ4v) is 3.83. The van der Waals surface area contributed by atoms with Crippen molar-refractivity contribution in [3.8, 4) is 0 Å². The highest BCUT2D eigenvalue weighted by atomic mass is 127. The number of hydrogen-bond acceptors (Lipinski definition) is 3. The zero-order valence-electron chi connectivity index (χ0n) is 10.8. The van der Waals surface area contributed by atoms with E-state index in [1.165, 1.54) is 0 Å². The molecule has 2 unspecified atom stereocenters. The van der Waals surface area contributed by atoms with Crippen molar-refractivity contribution in [1.29, 1.82) is 0 Å². The standard InChI is InChI=1S/C14H14BrIO3/c1-6-10-4-8-3-9(5-16)18-12(8)7(2)13(10)19-14(17)11(6)15/h8-9H,3-5H2,1-2H3. The number of hydrogen-bond donors (Lipinski definition) is 0. The number of ether oxygens (including phenoxy) is 1. The number of fused-ring (bicyclic) bond motifs is 2. The monoisotopic (exact) mass is 436 g/mol. The van der Waals surface area contributed by atoms with Crippen molar-refractivity contribution in [1.82, 2.24) is 0 Å². The van der Waals surface area contributed by atoms with E-state index in [1.54, 1.807) is 0 Å². The Morgan fingerprint density at radius 2 is 2.16 bits per heavy atom. The molecule has 0 saturated carbocycles. The zero-order valence-corrected chi connectivity index (χ0v) is 14.5. The Morgan fingerprint density at radius 3 is 2.84 bits per heavy atom. The number of alkyl halides is 1. The summed E-state index contributed by atoms with van der Waals surface area (Å²) in [5.41, 5.74) is 2.84. The SMILES string of the molecule is CC1=C2OC(CI)CC2Cc2c1oc(=O)c(Br)c2C. The normalized spacial score (nSPS) is 25.1. The van der Waals surface area contributed by atoms with Crippen molar-refractivity contribution in [2.45, 2.75) is 32.8 Å². The predicted octanol–water partition coefficient (Wildman–Crippen LogP) is 3.84. The Kier molecular flexibility index (Phi) is 3.53. The minimum atomic E-state index is -0.307. The maximum atomic E-state index is 11.8. The predicted molar refractivity (Wildman–Crippen MR) is 85.6 cm³/mol. The number of rotatable bonds is 1. The van der Waals surface area contributed by atoms with Gasteiger partial charge in [-0.15, -0.1) is 0 Å². The first kappa shape index (κ1) is 13.7. The Morgan fingerprint density at radius 1 is 1.42 bits per heavy atom. The molecule has 1 aliphatic carbocycles. The molecular weight excluding hydrogens is 423 g/mol. The molecule has 0 amide bonds. The van der Waals surface area contributed by atoms with E-state index in [2.05, 4.69) is 38.5 Å². The number of allylic oxidation sites excluding steroid dienone is 2. The van der Waals surface area contributed by atoms with Crippen LogP contribution in [-0.2, 0) is 11.2 Å². The molecule has 1 saturated heterocycles. The van der Waals surface area contributed by atoms with Gasteiger partial charge in [-0.3, -0.25) is 0 Å². The van der Waals surface area contributed by atoms with E-state index in [0.29, 0.717) is 22.3 Å². The summed E-state index contributed by atoms with van der Waals surface area (Å²) in [5.74, 6) is 2.18. The molecule has 3 rings (SSSR count). The molecule has 1 aliphatic heterocycles. The molecule has 2 heterocycles. The fourth-order valence-electron chi connectivity index (χ4n) is 2.98. The van der Waals surface area contributed by atoms with Gasteiger partial charge in [-0.2, -0.15) is 0 Å². The Balaban J connectivity index is 2.16. The average molecular weight is 437 g/mol. The number of halogens is 2. The van der Waals surface area contributed by atoms with Crippen molar-refractivity contribution >= 4 is 44.1 Å². The van der Waals surface area contributed by atoms with Gasteiger partial charge in [-0.1, -0.05) is 22.6 Å². The second kappa shape index (κ2) is 4.91. The van der Waals surface area contributed by atoms with Gasteiger partial charge in [0.15, 0.2) is 0 Å². The van der Waals surface area contributed by atoms with Crippen LogP contribution < -0.4 is 5.63 Å². The molecule has 19 heavy (non-hydrogen) atoms. The maximum absolute atomic E-state index is 11.8. The Labute approximate surface area is 133 Å². The van der Waals surface area contributed by atoms with Crippen LogP contribution in [0.4, 0.5) is 0 Å². The molecule has 1 aromatic rings. The summed E-state index contributed by atoms with van der Waals surface area (Å²) in [4.78, 5) is 11.8. The minimum absolute atomic E-state index is 0.292. The van der Waals surface area contributed by atoms with Gasteiger partial charge >= 0.3 is 5.63 Å². The van der Waals surface area contributed by atoms with Gasteiger partial charge in [0, 0.05) is 21.5 Å². The minimum Gasteiger partial charge on any atom is -0.493 e. The Bertz CT molecular complexity index is 632. The van der Waals surface area contributed by atoms with Gasteiger partial charge < -0.3 is 9.15 Å². The molecule has 2 aliphatic rings. The van der Waals surface area contributed by atoms with Crippen molar-refractivity contribution in [2.75, 3.05) is 4.43 Å². The van der Waals surface area contributed by atoms with E-state index in [4.69, 9.17) is 9.15 Å². The third kappa shape index (κ3) is 2.09. The van der Waals surface area contributed by atoms with Gasteiger partial charge in [0.1, 0.15) is 22.1 Å². The van der Waals surface area contributed by atoms with Crippen LogP contribution in [0.5, 0.6) is 0 Å². The van der Waals surface area contributed by atoms with Crippen molar-refractivity contribution in [3.63, 3.8) is 0 Å². The smallest absolute Gasteiger partial charge is 0.350 e. The van der Waals surface area contributed by atoms with E-state index < -0.39 is 0 Å². The molecular formula is C14H14BrIO3. The Hall–Kier alpha value is -0.300. The lowest BCUT2D eigenvalue weighted by Crippen LogP contribution is -2.17. The molecule has 3 nitrogen and oxygen atoms in total. The van der Waals surface area contributed by atoms with Crippen LogP contribution in [0.25, 0.3) is 5.57 Å². The van der Waals surface area contributed by atoms with Crippen LogP contribution in [0.3, 0.4) is 0 Å². The first-order valence-electron chi connectivity index (χ1n) is 6.28. The fraction of sp³-hybridized carbons (Fsp3) is 0.500. The van der Waals surface area contributed by atoms with Crippen LogP contribution in [-0.4, -0.2) is 10.5 Å². The van der Waals surface area contributed by atoms with Crippen LogP contribution in [0.1, 0.15) is 30.2 Å². The molecule has 0 bridgehead atoms. The van der Waals surface area contributed by atoms with E-state index in [0.717, 1.165) is 39.7 Å². The van der Waals surface area contributed by atoms with E-state index in [9.17, 15) is 4.79 Å². The quantitative estimate of drug-likeness (QED) is 0.496. The average Bonchev–Trinajstić information content (AvgIpc) is 2.81.